The third-order valence-corrected chi connectivity index (χ3v) is 4.69. The van der Waals surface area contributed by atoms with Gasteiger partial charge in [0.05, 0.1) is 10.6 Å². The molecule has 0 aliphatic heterocycles. The molecule has 28 heavy (non-hydrogen) atoms. The highest BCUT2D eigenvalue weighted by Crippen LogP contribution is 2.21. The van der Waals surface area contributed by atoms with E-state index in [1.165, 1.54) is 48.6 Å². The van der Waals surface area contributed by atoms with Crippen LogP contribution in [0.4, 0.5) is 4.39 Å². The molecular formula is C22H13BrClFO3. The second-order valence-electron chi connectivity index (χ2n) is 5.75. The number of halogens is 3. The van der Waals surface area contributed by atoms with Gasteiger partial charge in [0.15, 0.2) is 5.78 Å². The fraction of sp³-hybridized carbons (Fsp3) is 0. The topological polar surface area (TPSA) is 43.4 Å². The first kappa shape index (κ1) is 20.0. The third-order valence-electron chi connectivity index (χ3n) is 3.83. The number of rotatable bonds is 5. The van der Waals surface area contributed by atoms with Crippen LogP contribution in [0.5, 0.6) is 5.75 Å². The lowest BCUT2D eigenvalue weighted by Gasteiger charge is -2.05. The molecule has 0 aliphatic rings. The summed E-state index contributed by atoms with van der Waals surface area (Å²) in [6.45, 7) is 0. The van der Waals surface area contributed by atoms with Gasteiger partial charge in [0.25, 0.3) is 0 Å². The molecule has 6 heteroatoms. The van der Waals surface area contributed by atoms with E-state index in [4.69, 9.17) is 16.3 Å². The minimum atomic E-state index is -0.508. The molecule has 0 N–H and O–H groups in total. The Bertz CT molecular complexity index is 1020. The summed E-state index contributed by atoms with van der Waals surface area (Å²) in [4.78, 5) is 24.4. The number of carbonyl (C=O) groups is 2. The summed E-state index contributed by atoms with van der Waals surface area (Å²) < 4.78 is 19.9. The minimum Gasteiger partial charge on any atom is -0.423 e. The average Bonchev–Trinajstić information content (AvgIpc) is 2.68. The number of esters is 1. The van der Waals surface area contributed by atoms with Crippen molar-refractivity contribution < 1.29 is 18.7 Å². The molecule has 3 aromatic carbocycles. The van der Waals surface area contributed by atoms with Crippen molar-refractivity contribution >= 4 is 45.4 Å². The molecule has 0 atom stereocenters. The van der Waals surface area contributed by atoms with Gasteiger partial charge in [-0.2, -0.15) is 0 Å². The Morgan fingerprint density at radius 1 is 0.929 bits per heavy atom. The van der Waals surface area contributed by atoms with E-state index in [1.807, 2.05) is 0 Å². The van der Waals surface area contributed by atoms with Gasteiger partial charge in [-0.3, -0.25) is 4.79 Å². The van der Waals surface area contributed by atoms with Crippen LogP contribution >= 0.6 is 27.5 Å². The van der Waals surface area contributed by atoms with E-state index >= 15 is 0 Å². The van der Waals surface area contributed by atoms with E-state index < -0.39 is 11.8 Å². The second-order valence-corrected chi connectivity index (χ2v) is 7.08. The van der Waals surface area contributed by atoms with Gasteiger partial charge < -0.3 is 4.74 Å². The Labute approximate surface area is 174 Å². The lowest BCUT2D eigenvalue weighted by atomic mass is 10.1. The smallest absolute Gasteiger partial charge is 0.343 e. The zero-order chi connectivity index (χ0) is 20.1. The molecule has 0 radical (unpaired) electrons. The lowest BCUT2D eigenvalue weighted by molar-refractivity contribution is 0.0734. The summed E-state index contributed by atoms with van der Waals surface area (Å²) in [6, 6.07) is 17.2. The van der Waals surface area contributed by atoms with Gasteiger partial charge in [0.1, 0.15) is 11.6 Å². The van der Waals surface area contributed by atoms with Crippen molar-refractivity contribution in [3.63, 3.8) is 0 Å². The maximum Gasteiger partial charge on any atom is 0.343 e. The van der Waals surface area contributed by atoms with Crippen LogP contribution in [0.2, 0.25) is 5.02 Å². The Balaban J connectivity index is 1.68. The van der Waals surface area contributed by atoms with Crippen molar-refractivity contribution in [1.29, 1.82) is 0 Å². The third kappa shape index (κ3) is 4.94. The number of hydrogen-bond acceptors (Lipinski definition) is 3. The van der Waals surface area contributed by atoms with Gasteiger partial charge in [-0.25, -0.2) is 9.18 Å². The Morgan fingerprint density at radius 3 is 2.21 bits per heavy atom. The highest BCUT2D eigenvalue weighted by molar-refractivity contribution is 9.10. The summed E-state index contributed by atoms with van der Waals surface area (Å²) in [5.41, 5.74) is 0.928. The Hall–Kier alpha value is -2.76. The summed E-state index contributed by atoms with van der Waals surface area (Å²) in [6.07, 6.45) is 2.58. The average molecular weight is 460 g/mol. The van der Waals surface area contributed by atoms with E-state index in [0.717, 1.165) is 4.47 Å². The standard InChI is InChI=1S/C22H13BrClFO3/c23-16-8-4-15(5-9-16)22(27)28-17-10-6-14(7-11-17)21(26)13-12-18-19(24)2-1-3-20(18)25/h1-13H. The van der Waals surface area contributed by atoms with Gasteiger partial charge >= 0.3 is 5.97 Å². The highest BCUT2D eigenvalue weighted by Gasteiger charge is 2.10. The second kappa shape index (κ2) is 8.95. The first-order valence-electron chi connectivity index (χ1n) is 8.18. The van der Waals surface area contributed by atoms with Crippen molar-refractivity contribution in [3.8, 4) is 5.75 Å². The summed E-state index contributed by atoms with van der Waals surface area (Å²) >= 11 is 9.23. The van der Waals surface area contributed by atoms with Gasteiger partial charge in [-0.15, -0.1) is 0 Å². The molecule has 3 aromatic rings. The van der Waals surface area contributed by atoms with Crippen molar-refractivity contribution in [1.82, 2.24) is 0 Å². The molecule has 140 valence electrons. The van der Waals surface area contributed by atoms with Crippen molar-refractivity contribution in [2.75, 3.05) is 0 Å². The van der Waals surface area contributed by atoms with Crippen LogP contribution < -0.4 is 4.74 Å². The predicted molar refractivity (Wildman–Crippen MR) is 110 cm³/mol. The molecule has 0 saturated heterocycles. The maximum absolute atomic E-state index is 13.7. The predicted octanol–water partition coefficient (Wildman–Crippen LogP) is 6.36. The fourth-order valence-corrected chi connectivity index (χ4v) is 2.85. The number of allylic oxidation sites excluding steroid dienone is 1. The molecule has 0 spiro atoms. The highest BCUT2D eigenvalue weighted by atomic mass is 79.9. The minimum absolute atomic E-state index is 0.151. The molecule has 3 nitrogen and oxygen atoms in total. The lowest BCUT2D eigenvalue weighted by Crippen LogP contribution is -2.08. The van der Waals surface area contributed by atoms with Crippen LogP contribution in [0.3, 0.4) is 0 Å². The zero-order valence-electron chi connectivity index (χ0n) is 14.4. The first-order chi connectivity index (χ1) is 13.4. The van der Waals surface area contributed by atoms with Crippen LogP contribution in [0, 0.1) is 5.82 Å². The largest absolute Gasteiger partial charge is 0.423 e. The number of benzene rings is 3. The molecular weight excluding hydrogens is 447 g/mol. The van der Waals surface area contributed by atoms with Crippen LogP contribution in [-0.4, -0.2) is 11.8 Å². The first-order valence-corrected chi connectivity index (χ1v) is 9.35. The van der Waals surface area contributed by atoms with Gasteiger partial charge in [-0.1, -0.05) is 33.6 Å². The van der Waals surface area contributed by atoms with Crippen LogP contribution in [-0.2, 0) is 0 Å². The fourth-order valence-electron chi connectivity index (χ4n) is 2.36. The molecule has 0 unspecified atom stereocenters. The molecule has 0 fully saturated rings. The van der Waals surface area contributed by atoms with Gasteiger partial charge in [0.2, 0.25) is 0 Å². The summed E-state index contributed by atoms with van der Waals surface area (Å²) in [5.74, 6) is -1.02. The van der Waals surface area contributed by atoms with Crippen LogP contribution in [0.25, 0.3) is 6.08 Å². The van der Waals surface area contributed by atoms with Crippen molar-refractivity contribution in [2.45, 2.75) is 0 Å². The molecule has 0 aromatic heterocycles. The van der Waals surface area contributed by atoms with E-state index in [9.17, 15) is 14.0 Å². The molecule has 0 saturated carbocycles. The zero-order valence-corrected chi connectivity index (χ0v) is 16.7. The van der Waals surface area contributed by atoms with E-state index in [-0.39, 0.29) is 16.4 Å². The van der Waals surface area contributed by atoms with E-state index in [1.54, 1.807) is 30.3 Å². The molecule has 0 heterocycles. The van der Waals surface area contributed by atoms with Gasteiger partial charge in [-0.05, 0) is 72.8 Å². The Morgan fingerprint density at radius 2 is 1.57 bits per heavy atom. The number of hydrogen-bond donors (Lipinski definition) is 0. The van der Waals surface area contributed by atoms with Crippen molar-refractivity contribution in [3.05, 3.63) is 105 Å². The molecule has 0 bridgehead atoms. The van der Waals surface area contributed by atoms with E-state index in [2.05, 4.69) is 15.9 Å². The maximum atomic E-state index is 13.7. The number of carbonyl (C=O) groups excluding carboxylic acids is 2. The quantitative estimate of drug-likeness (QED) is 0.193. The normalized spacial score (nSPS) is 10.8. The molecule has 0 amide bonds. The summed E-state index contributed by atoms with van der Waals surface area (Å²) in [7, 11) is 0. The molecule has 0 aliphatic carbocycles. The summed E-state index contributed by atoms with van der Waals surface area (Å²) in [5, 5.41) is 0.222. The van der Waals surface area contributed by atoms with Crippen molar-refractivity contribution in [2.24, 2.45) is 0 Å². The molecule has 3 rings (SSSR count). The monoisotopic (exact) mass is 458 g/mol. The SMILES string of the molecule is O=C(C=Cc1c(F)cccc1Cl)c1ccc(OC(=O)c2ccc(Br)cc2)cc1. The van der Waals surface area contributed by atoms with E-state index in [0.29, 0.717) is 16.9 Å². The number of ether oxygens (including phenoxy) is 1. The number of ketones is 1. The van der Waals surface area contributed by atoms with Crippen LogP contribution in [0.1, 0.15) is 26.3 Å². The Kier molecular flexibility index (Phi) is 6.39. The van der Waals surface area contributed by atoms with Gasteiger partial charge in [0, 0.05) is 15.6 Å². The van der Waals surface area contributed by atoms with Crippen LogP contribution in [0.15, 0.2) is 77.3 Å².